The van der Waals surface area contributed by atoms with Gasteiger partial charge in [0.2, 0.25) is 0 Å². The zero-order valence-electron chi connectivity index (χ0n) is 16.7. The number of carbonyl (C=O) groups excluding carboxylic acids is 1. The van der Waals surface area contributed by atoms with Gasteiger partial charge in [-0.05, 0) is 35.9 Å². The van der Waals surface area contributed by atoms with Crippen molar-refractivity contribution in [1.82, 2.24) is 9.88 Å². The maximum absolute atomic E-state index is 13.0. The fourth-order valence-corrected chi connectivity index (χ4v) is 3.87. The molecule has 0 N–H and O–H groups in total. The lowest BCUT2D eigenvalue weighted by Crippen LogP contribution is -2.31. The third-order valence-corrected chi connectivity index (χ3v) is 5.54. The summed E-state index contributed by atoms with van der Waals surface area (Å²) < 4.78 is 11.5. The van der Waals surface area contributed by atoms with E-state index in [4.69, 9.17) is 9.15 Å². The standard InChI is InChI=1S/C24H22N2O3S/c1-26(15-16-28-19-10-3-2-4-11-19)23(27)20-12-6-5-9-18(20)17-30-24-25-21-13-7-8-14-22(21)29-24/h2-14H,15-17H2,1H3. The molecule has 152 valence electrons. The molecule has 0 aliphatic carbocycles. The molecule has 0 fully saturated rings. The number of fused-ring (bicyclic) bond motifs is 1. The van der Waals surface area contributed by atoms with Crippen molar-refractivity contribution in [2.45, 2.75) is 11.0 Å². The highest BCUT2D eigenvalue weighted by atomic mass is 32.2. The van der Waals surface area contributed by atoms with Crippen LogP contribution >= 0.6 is 11.8 Å². The third-order valence-electron chi connectivity index (χ3n) is 4.66. The summed E-state index contributed by atoms with van der Waals surface area (Å²) in [4.78, 5) is 19.2. The normalized spacial score (nSPS) is 10.8. The number of amides is 1. The molecule has 1 heterocycles. The van der Waals surface area contributed by atoms with Crippen LogP contribution in [0.25, 0.3) is 11.1 Å². The topological polar surface area (TPSA) is 55.6 Å². The van der Waals surface area contributed by atoms with E-state index in [0.717, 1.165) is 22.4 Å². The minimum Gasteiger partial charge on any atom is -0.492 e. The van der Waals surface area contributed by atoms with Crippen LogP contribution in [0.5, 0.6) is 5.75 Å². The lowest BCUT2D eigenvalue weighted by atomic mass is 10.1. The van der Waals surface area contributed by atoms with Gasteiger partial charge in [-0.15, -0.1) is 0 Å². The number of para-hydroxylation sites is 3. The maximum Gasteiger partial charge on any atom is 0.257 e. The number of aromatic nitrogens is 1. The van der Waals surface area contributed by atoms with Crippen LogP contribution in [0.4, 0.5) is 0 Å². The van der Waals surface area contributed by atoms with Crippen LogP contribution in [0, 0.1) is 0 Å². The predicted octanol–water partition coefficient (Wildman–Crippen LogP) is 5.27. The molecule has 30 heavy (non-hydrogen) atoms. The number of carbonyl (C=O) groups is 1. The average molecular weight is 419 g/mol. The predicted molar refractivity (Wildman–Crippen MR) is 119 cm³/mol. The van der Waals surface area contributed by atoms with Crippen LogP contribution in [0.2, 0.25) is 0 Å². The van der Waals surface area contributed by atoms with Crippen LogP contribution < -0.4 is 4.74 Å². The molecule has 0 radical (unpaired) electrons. The number of rotatable bonds is 8. The summed E-state index contributed by atoms with van der Waals surface area (Å²) in [7, 11) is 1.79. The molecular formula is C24H22N2O3S. The van der Waals surface area contributed by atoms with Crippen LogP contribution in [-0.4, -0.2) is 36.0 Å². The van der Waals surface area contributed by atoms with E-state index in [0.29, 0.717) is 29.7 Å². The Morgan fingerprint density at radius 2 is 1.73 bits per heavy atom. The van der Waals surface area contributed by atoms with Gasteiger partial charge in [0.1, 0.15) is 17.9 Å². The van der Waals surface area contributed by atoms with E-state index in [-0.39, 0.29) is 5.91 Å². The van der Waals surface area contributed by atoms with E-state index in [1.807, 2.05) is 78.9 Å². The Kier molecular flexibility index (Phi) is 6.35. The van der Waals surface area contributed by atoms with Crippen molar-refractivity contribution >= 4 is 28.8 Å². The highest BCUT2D eigenvalue weighted by Crippen LogP contribution is 2.27. The Balaban J connectivity index is 1.38. The molecule has 0 saturated carbocycles. The van der Waals surface area contributed by atoms with Crippen molar-refractivity contribution in [1.29, 1.82) is 0 Å². The molecule has 0 atom stereocenters. The molecule has 0 unspecified atom stereocenters. The zero-order valence-corrected chi connectivity index (χ0v) is 17.5. The number of oxazole rings is 1. The van der Waals surface area contributed by atoms with Gasteiger partial charge in [-0.1, -0.05) is 60.3 Å². The molecule has 5 nitrogen and oxygen atoms in total. The van der Waals surface area contributed by atoms with Gasteiger partial charge < -0.3 is 14.1 Å². The summed E-state index contributed by atoms with van der Waals surface area (Å²) in [5.74, 6) is 1.37. The Labute approximate surface area is 179 Å². The summed E-state index contributed by atoms with van der Waals surface area (Å²) in [5.41, 5.74) is 3.24. The lowest BCUT2D eigenvalue weighted by molar-refractivity contribution is 0.0773. The first kappa shape index (κ1) is 20.0. The molecular weight excluding hydrogens is 396 g/mol. The molecule has 4 aromatic rings. The highest BCUT2D eigenvalue weighted by Gasteiger charge is 2.16. The van der Waals surface area contributed by atoms with Crippen LogP contribution in [0.15, 0.2) is 88.5 Å². The maximum atomic E-state index is 13.0. The SMILES string of the molecule is CN(CCOc1ccccc1)C(=O)c1ccccc1CSc1nc2ccccc2o1. The summed E-state index contributed by atoms with van der Waals surface area (Å²) in [5, 5.41) is 0.600. The molecule has 0 aliphatic rings. The minimum absolute atomic E-state index is 0.0274. The number of hydrogen-bond acceptors (Lipinski definition) is 5. The molecule has 1 amide bonds. The monoisotopic (exact) mass is 418 g/mol. The van der Waals surface area contributed by atoms with Gasteiger partial charge in [-0.25, -0.2) is 4.98 Å². The number of thioether (sulfide) groups is 1. The first-order valence-corrected chi connectivity index (χ1v) is 10.7. The molecule has 3 aromatic carbocycles. The van der Waals surface area contributed by atoms with E-state index < -0.39 is 0 Å². The first-order valence-electron chi connectivity index (χ1n) is 9.70. The van der Waals surface area contributed by atoms with Crippen LogP contribution in [0.3, 0.4) is 0 Å². The van der Waals surface area contributed by atoms with Gasteiger partial charge in [0.25, 0.3) is 11.1 Å². The fraction of sp³-hybridized carbons (Fsp3) is 0.167. The van der Waals surface area contributed by atoms with E-state index in [2.05, 4.69) is 4.98 Å². The third kappa shape index (κ3) is 4.83. The fourth-order valence-electron chi connectivity index (χ4n) is 3.03. The smallest absolute Gasteiger partial charge is 0.257 e. The first-order chi connectivity index (χ1) is 14.7. The number of benzene rings is 3. The minimum atomic E-state index is -0.0274. The van der Waals surface area contributed by atoms with Gasteiger partial charge in [0, 0.05) is 18.4 Å². The van der Waals surface area contributed by atoms with Gasteiger partial charge in [-0.2, -0.15) is 0 Å². The number of likely N-dealkylation sites (N-methyl/N-ethyl adjacent to an activating group) is 1. The Bertz CT molecular complexity index is 1090. The molecule has 0 aliphatic heterocycles. The molecule has 0 spiro atoms. The van der Waals surface area contributed by atoms with E-state index in [1.165, 1.54) is 11.8 Å². The Morgan fingerprint density at radius 1 is 1.00 bits per heavy atom. The van der Waals surface area contributed by atoms with E-state index >= 15 is 0 Å². The van der Waals surface area contributed by atoms with Gasteiger partial charge in [-0.3, -0.25) is 4.79 Å². The molecule has 6 heteroatoms. The van der Waals surface area contributed by atoms with Crippen molar-refractivity contribution in [3.05, 3.63) is 90.0 Å². The van der Waals surface area contributed by atoms with E-state index in [9.17, 15) is 4.79 Å². The van der Waals surface area contributed by atoms with E-state index in [1.54, 1.807) is 11.9 Å². The van der Waals surface area contributed by atoms with Crippen molar-refractivity contribution in [2.24, 2.45) is 0 Å². The van der Waals surface area contributed by atoms with Crippen molar-refractivity contribution < 1.29 is 13.9 Å². The average Bonchev–Trinajstić information content (AvgIpc) is 3.21. The Morgan fingerprint density at radius 3 is 2.57 bits per heavy atom. The lowest BCUT2D eigenvalue weighted by Gasteiger charge is -2.19. The number of nitrogens with zero attached hydrogens (tertiary/aromatic N) is 2. The highest BCUT2D eigenvalue weighted by molar-refractivity contribution is 7.98. The summed E-state index contributed by atoms with van der Waals surface area (Å²) in [6, 6.07) is 24.9. The summed E-state index contributed by atoms with van der Waals surface area (Å²) in [6.45, 7) is 0.937. The molecule has 4 rings (SSSR count). The van der Waals surface area contributed by atoms with Crippen molar-refractivity contribution in [3.63, 3.8) is 0 Å². The summed E-state index contributed by atoms with van der Waals surface area (Å²) in [6.07, 6.45) is 0. The van der Waals surface area contributed by atoms with Crippen LogP contribution in [-0.2, 0) is 5.75 Å². The van der Waals surface area contributed by atoms with Gasteiger partial charge in [0.05, 0.1) is 6.54 Å². The zero-order chi connectivity index (χ0) is 20.8. The quantitative estimate of drug-likeness (QED) is 0.365. The van der Waals surface area contributed by atoms with Crippen molar-refractivity contribution in [2.75, 3.05) is 20.2 Å². The van der Waals surface area contributed by atoms with Crippen molar-refractivity contribution in [3.8, 4) is 5.75 Å². The van der Waals surface area contributed by atoms with Gasteiger partial charge in [0.15, 0.2) is 5.58 Å². The second kappa shape index (κ2) is 9.50. The van der Waals surface area contributed by atoms with Gasteiger partial charge >= 0.3 is 0 Å². The number of hydrogen-bond donors (Lipinski definition) is 0. The number of ether oxygens (including phenoxy) is 1. The molecule has 1 aromatic heterocycles. The van der Waals surface area contributed by atoms with Crippen LogP contribution in [0.1, 0.15) is 15.9 Å². The second-order valence-corrected chi connectivity index (χ2v) is 7.71. The Hall–Kier alpha value is -3.25. The summed E-state index contributed by atoms with van der Waals surface area (Å²) >= 11 is 1.48. The molecule has 0 bridgehead atoms. The molecule has 0 saturated heterocycles. The second-order valence-electron chi connectivity index (χ2n) is 6.78. The largest absolute Gasteiger partial charge is 0.492 e.